The van der Waals surface area contributed by atoms with E-state index in [9.17, 15) is 8.42 Å². The number of methoxy groups -OCH3 is 2. The molecule has 0 aliphatic carbocycles. The van der Waals surface area contributed by atoms with Crippen molar-refractivity contribution in [3.63, 3.8) is 0 Å². The molecule has 0 aliphatic rings. The Morgan fingerprint density at radius 2 is 1.63 bits per heavy atom. The third kappa shape index (κ3) is 6.47. The van der Waals surface area contributed by atoms with E-state index in [2.05, 4.69) is 15.6 Å². The summed E-state index contributed by atoms with van der Waals surface area (Å²) in [6.45, 7) is 0.826. The predicted molar refractivity (Wildman–Crippen MR) is 129 cm³/mol. The molecule has 10 heteroatoms. The van der Waals surface area contributed by atoms with Crippen LogP contribution in [-0.4, -0.2) is 54.0 Å². The van der Waals surface area contributed by atoms with E-state index >= 15 is 0 Å². The molecule has 0 radical (unpaired) electrons. The van der Waals surface area contributed by atoms with Crippen molar-refractivity contribution in [1.29, 1.82) is 0 Å². The average molecular weight is 548 g/mol. The van der Waals surface area contributed by atoms with Gasteiger partial charge in [-0.25, -0.2) is 12.7 Å². The van der Waals surface area contributed by atoms with Crippen molar-refractivity contribution >= 4 is 40.0 Å². The number of hydrogen-bond donors (Lipinski definition) is 2. The van der Waals surface area contributed by atoms with Gasteiger partial charge in [-0.3, -0.25) is 4.99 Å². The van der Waals surface area contributed by atoms with Crippen LogP contribution in [-0.2, 0) is 23.1 Å². The maximum Gasteiger partial charge on any atom is 0.242 e. The first-order valence-corrected chi connectivity index (χ1v) is 10.4. The molecular formula is C20H29IN4O4S. The molecule has 166 valence electrons. The molecule has 30 heavy (non-hydrogen) atoms. The second kappa shape index (κ2) is 12.0. The minimum atomic E-state index is -3.52. The van der Waals surface area contributed by atoms with Crippen LogP contribution in [0.1, 0.15) is 11.1 Å². The van der Waals surface area contributed by atoms with Crippen molar-refractivity contribution in [2.45, 2.75) is 18.0 Å². The molecule has 0 amide bonds. The fraction of sp³-hybridized carbons (Fsp3) is 0.350. The number of nitrogens with zero attached hydrogens (tertiary/aromatic N) is 2. The molecule has 0 heterocycles. The molecule has 0 aromatic heterocycles. The number of nitrogens with one attached hydrogen (secondary N) is 2. The third-order valence-electron chi connectivity index (χ3n) is 4.31. The van der Waals surface area contributed by atoms with Gasteiger partial charge in [0.05, 0.1) is 19.1 Å². The number of ether oxygens (including phenoxy) is 2. The quantitative estimate of drug-likeness (QED) is 0.299. The summed E-state index contributed by atoms with van der Waals surface area (Å²) in [5, 5.41) is 6.37. The molecule has 0 bridgehead atoms. The molecule has 8 nitrogen and oxygen atoms in total. The molecule has 0 spiro atoms. The van der Waals surface area contributed by atoms with E-state index in [1.54, 1.807) is 39.5 Å². The molecule has 0 aliphatic heterocycles. The van der Waals surface area contributed by atoms with Crippen LogP contribution in [0.3, 0.4) is 0 Å². The van der Waals surface area contributed by atoms with E-state index in [1.165, 1.54) is 18.4 Å². The van der Waals surface area contributed by atoms with Gasteiger partial charge in [0.2, 0.25) is 10.0 Å². The maximum atomic E-state index is 12.5. The number of aliphatic imine (C=N–C) groups is 1. The second-order valence-electron chi connectivity index (χ2n) is 6.36. The van der Waals surface area contributed by atoms with E-state index in [0.717, 1.165) is 5.56 Å². The molecular weight excluding hydrogens is 519 g/mol. The van der Waals surface area contributed by atoms with E-state index < -0.39 is 10.0 Å². The van der Waals surface area contributed by atoms with E-state index in [1.807, 2.05) is 24.3 Å². The lowest BCUT2D eigenvalue weighted by Crippen LogP contribution is -2.36. The minimum absolute atomic E-state index is 0. The Labute approximate surface area is 195 Å². The highest BCUT2D eigenvalue weighted by molar-refractivity contribution is 14.0. The lowest BCUT2D eigenvalue weighted by molar-refractivity contribution is 0.354. The summed E-state index contributed by atoms with van der Waals surface area (Å²) in [6, 6.07) is 12.6. The monoisotopic (exact) mass is 548 g/mol. The van der Waals surface area contributed by atoms with Gasteiger partial charge in [-0.2, -0.15) is 0 Å². The first kappa shape index (κ1) is 26.0. The van der Waals surface area contributed by atoms with Gasteiger partial charge in [-0.05, 0) is 29.3 Å². The number of sulfonamides is 1. The lowest BCUT2D eigenvalue weighted by atomic mass is 10.2. The van der Waals surface area contributed by atoms with Crippen LogP contribution in [0.25, 0.3) is 0 Å². The fourth-order valence-electron chi connectivity index (χ4n) is 2.67. The summed E-state index contributed by atoms with van der Waals surface area (Å²) in [4.78, 5) is 4.47. The van der Waals surface area contributed by atoms with Crippen molar-refractivity contribution in [3.05, 3.63) is 53.6 Å². The van der Waals surface area contributed by atoms with Gasteiger partial charge >= 0.3 is 0 Å². The zero-order valence-corrected chi connectivity index (χ0v) is 20.9. The molecule has 0 saturated carbocycles. The Morgan fingerprint density at radius 3 is 2.23 bits per heavy atom. The van der Waals surface area contributed by atoms with Gasteiger partial charge in [0.25, 0.3) is 0 Å². The largest absolute Gasteiger partial charge is 0.493 e. The zero-order chi connectivity index (χ0) is 21.4. The Kier molecular flexibility index (Phi) is 10.4. The Morgan fingerprint density at radius 1 is 1.00 bits per heavy atom. The Balaban J connectivity index is 0.00000450. The standard InChI is InChI=1S/C20H28N4O4S.HI/c1-21-20(22-13-15-10-11-17(27-4)18(12-15)28-5)23-14-16-8-6-7-9-19(16)29(25,26)24(2)3;/h6-12H,13-14H2,1-5H3,(H2,21,22,23);1H. The fourth-order valence-corrected chi connectivity index (χ4v) is 3.79. The van der Waals surface area contributed by atoms with Crippen LogP contribution in [0.2, 0.25) is 0 Å². The van der Waals surface area contributed by atoms with E-state index in [4.69, 9.17) is 9.47 Å². The minimum Gasteiger partial charge on any atom is -0.493 e. The van der Waals surface area contributed by atoms with E-state index in [0.29, 0.717) is 36.1 Å². The summed E-state index contributed by atoms with van der Waals surface area (Å²) in [5.74, 6) is 1.87. The highest BCUT2D eigenvalue weighted by Gasteiger charge is 2.20. The number of benzene rings is 2. The Hall–Kier alpha value is -2.05. The average Bonchev–Trinajstić information content (AvgIpc) is 2.73. The summed E-state index contributed by atoms with van der Waals surface area (Å²) in [5.41, 5.74) is 1.65. The highest BCUT2D eigenvalue weighted by atomic mass is 127. The number of hydrogen-bond acceptors (Lipinski definition) is 5. The molecule has 2 N–H and O–H groups in total. The van der Waals surface area contributed by atoms with Crippen LogP contribution in [0, 0.1) is 0 Å². The SMILES string of the molecule is CN=C(NCc1ccc(OC)c(OC)c1)NCc1ccccc1S(=O)(=O)N(C)C.I. The summed E-state index contributed by atoms with van der Waals surface area (Å²) in [7, 11) is 4.35. The smallest absolute Gasteiger partial charge is 0.242 e. The van der Waals surface area contributed by atoms with Crippen LogP contribution in [0.15, 0.2) is 52.4 Å². The number of rotatable bonds is 8. The first-order chi connectivity index (χ1) is 13.8. The lowest BCUT2D eigenvalue weighted by Gasteiger charge is -2.17. The molecule has 0 unspecified atom stereocenters. The van der Waals surface area contributed by atoms with Crippen LogP contribution >= 0.6 is 24.0 Å². The summed E-state index contributed by atoms with van der Waals surface area (Å²) >= 11 is 0. The second-order valence-corrected chi connectivity index (χ2v) is 8.48. The van der Waals surface area contributed by atoms with E-state index in [-0.39, 0.29) is 28.9 Å². The molecule has 2 aromatic rings. The van der Waals surface area contributed by atoms with Gasteiger partial charge in [0.15, 0.2) is 17.5 Å². The molecule has 2 rings (SSSR count). The first-order valence-electron chi connectivity index (χ1n) is 8.99. The summed E-state index contributed by atoms with van der Waals surface area (Å²) in [6.07, 6.45) is 0. The topological polar surface area (TPSA) is 92.3 Å². The van der Waals surface area contributed by atoms with Gasteiger partial charge in [0.1, 0.15) is 0 Å². The molecule has 0 saturated heterocycles. The third-order valence-corrected chi connectivity index (χ3v) is 6.22. The Bertz CT molecular complexity index is 965. The predicted octanol–water partition coefficient (Wildman–Crippen LogP) is 2.44. The van der Waals surface area contributed by atoms with Crippen LogP contribution < -0.4 is 20.1 Å². The molecule has 0 fully saturated rings. The number of guanidine groups is 1. The van der Waals surface area contributed by atoms with Crippen molar-refractivity contribution in [2.24, 2.45) is 4.99 Å². The number of halogens is 1. The maximum absolute atomic E-state index is 12.5. The van der Waals surface area contributed by atoms with Gasteiger partial charge in [-0.15, -0.1) is 24.0 Å². The zero-order valence-electron chi connectivity index (χ0n) is 17.8. The van der Waals surface area contributed by atoms with Crippen molar-refractivity contribution in [2.75, 3.05) is 35.4 Å². The van der Waals surface area contributed by atoms with Crippen molar-refractivity contribution in [3.8, 4) is 11.5 Å². The van der Waals surface area contributed by atoms with Gasteiger partial charge < -0.3 is 20.1 Å². The summed E-state index contributed by atoms with van der Waals surface area (Å²) < 4.78 is 36.8. The van der Waals surface area contributed by atoms with Crippen LogP contribution in [0.4, 0.5) is 0 Å². The van der Waals surface area contributed by atoms with Gasteiger partial charge in [-0.1, -0.05) is 24.3 Å². The normalized spacial score (nSPS) is 11.6. The molecule has 0 atom stereocenters. The van der Waals surface area contributed by atoms with Crippen molar-refractivity contribution in [1.82, 2.24) is 14.9 Å². The van der Waals surface area contributed by atoms with Crippen molar-refractivity contribution < 1.29 is 17.9 Å². The highest BCUT2D eigenvalue weighted by Crippen LogP contribution is 2.27. The van der Waals surface area contributed by atoms with Gasteiger partial charge in [0, 0.05) is 34.2 Å². The molecule has 2 aromatic carbocycles. The van der Waals surface area contributed by atoms with Crippen LogP contribution in [0.5, 0.6) is 11.5 Å².